The number of benzene rings is 1. The van der Waals surface area contributed by atoms with Crippen LogP contribution >= 0.6 is 0 Å². The van der Waals surface area contributed by atoms with Crippen LogP contribution in [0.25, 0.3) is 0 Å². The molecule has 0 atom stereocenters. The summed E-state index contributed by atoms with van der Waals surface area (Å²) in [5.74, 6) is 0. The highest BCUT2D eigenvalue weighted by atomic mass is 16.2. The first kappa shape index (κ1) is 20.7. The lowest BCUT2D eigenvalue weighted by Crippen LogP contribution is -2.57. The SMILES string of the molecule is CC(C)(CN1CCCCCC1)NC(=O)N1CCC(C#N)(c2ccccc2)CC1. The Kier molecular flexibility index (Phi) is 6.61. The van der Waals surface area contributed by atoms with E-state index in [-0.39, 0.29) is 11.6 Å². The van der Waals surface area contributed by atoms with Crippen molar-refractivity contribution in [1.29, 1.82) is 5.26 Å². The van der Waals surface area contributed by atoms with Crippen molar-refractivity contribution in [3.05, 3.63) is 35.9 Å². The number of hydrogen-bond donors (Lipinski definition) is 1. The molecule has 2 saturated heterocycles. The number of amides is 2. The highest BCUT2D eigenvalue weighted by molar-refractivity contribution is 5.75. The summed E-state index contributed by atoms with van der Waals surface area (Å²) in [4.78, 5) is 17.2. The lowest BCUT2D eigenvalue weighted by atomic mass is 9.74. The molecule has 2 aliphatic heterocycles. The Hall–Kier alpha value is -2.06. The van der Waals surface area contributed by atoms with E-state index >= 15 is 0 Å². The van der Waals surface area contributed by atoms with Crippen LogP contribution in [0.5, 0.6) is 0 Å². The van der Waals surface area contributed by atoms with E-state index in [9.17, 15) is 10.1 Å². The van der Waals surface area contributed by atoms with Gasteiger partial charge in [0.1, 0.15) is 0 Å². The number of nitrogens with zero attached hydrogens (tertiary/aromatic N) is 3. The highest BCUT2D eigenvalue weighted by Gasteiger charge is 2.38. The zero-order valence-corrected chi connectivity index (χ0v) is 17.4. The summed E-state index contributed by atoms with van der Waals surface area (Å²) >= 11 is 0. The van der Waals surface area contributed by atoms with Crippen LogP contribution in [0.4, 0.5) is 4.79 Å². The molecule has 0 unspecified atom stereocenters. The molecule has 2 aliphatic rings. The van der Waals surface area contributed by atoms with Gasteiger partial charge in [-0.25, -0.2) is 4.79 Å². The van der Waals surface area contributed by atoms with Crippen LogP contribution in [-0.2, 0) is 5.41 Å². The number of likely N-dealkylation sites (tertiary alicyclic amines) is 2. The van der Waals surface area contributed by atoms with Gasteiger partial charge in [-0.3, -0.25) is 0 Å². The van der Waals surface area contributed by atoms with E-state index < -0.39 is 5.41 Å². The normalized spacial score (nSPS) is 20.8. The van der Waals surface area contributed by atoms with Gasteiger partial charge >= 0.3 is 6.03 Å². The third-order valence-electron chi connectivity index (χ3n) is 6.21. The van der Waals surface area contributed by atoms with Crippen molar-refractivity contribution < 1.29 is 4.79 Å². The Labute approximate surface area is 169 Å². The van der Waals surface area contributed by atoms with Gasteiger partial charge in [-0.15, -0.1) is 0 Å². The summed E-state index contributed by atoms with van der Waals surface area (Å²) < 4.78 is 0. The molecule has 0 radical (unpaired) electrons. The minimum absolute atomic E-state index is 0.000534. The lowest BCUT2D eigenvalue weighted by Gasteiger charge is -2.40. The van der Waals surface area contributed by atoms with Gasteiger partial charge in [0.05, 0.1) is 11.5 Å². The molecule has 0 bridgehead atoms. The fourth-order valence-electron chi connectivity index (χ4n) is 4.58. The van der Waals surface area contributed by atoms with Crippen LogP contribution < -0.4 is 5.32 Å². The molecule has 2 amide bonds. The van der Waals surface area contributed by atoms with Gasteiger partial charge in [-0.1, -0.05) is 43.2 Å². The standard InChI is InChI=1S/C23H34N4O/c1-22(2,19-26-14-8-3-4-9-15-26)25-21(28)27-16-12-23(18-24,13-17-27)20-10-6-5-7-11-20/h5-7,10-11H,3-4,8-9,12-17,19H2,1-2H3,(H,25,28). The van der Waals surface area contributed by atoms with Gasteiger partial charge in [0.2, 0.25) is 0 Å². The van der Waals surface area contributed by atoms with Crippen LogP contribution in [0.3, 0.4) is 0 Å². The molecule has 1 aromatic rings. The molecule has 0 saturated carbocycles. The summed E-state index contributed by atoms with van der Waals surface area (Å²) in [6.07, 6.45) is 6.52. The fourth-order valence-corrected chi connectivity index (χ4v) is 4.58. The van der Waals surface area contributed by atoms with Crippen LogP contribution in [0.1, 0.15) is 57.9 Å². The minimum atomic E-state index is -0.473. The molecule has 152 valence electrons. The number of nitrogens with one attached hydrogen (secondary N) is 1. The second-order valence-electron chi connectivity index (χ2n) is 9.05. The zero-order chi connectivity index (χ0) is 20.0. The van der Waals surface area contributed by atoms with Crippen molar-refractivity contribution in [3.63, 3.8) is 0 Å². The molecule has 0 aliphatic carbocycles. The largest absolute Gasteiger partial charge is 0.332 e. The molecule has 5 nitrogen and oxygen atoms in total. The molecule has 2 heterocycles. The van der Waals surface area contributed by atoms with E-state index in [4.69, 9.17) is 0 Å². The summed E-state index contributed by atoms with van der Waals surface area (Å²) in [6.45, 7) is 8.61. The number of urea groups is 1. The number of piperidine rings is 1. The molecule has 3 rings (SSSR count). The summed E-state index contributed by atoms with van der Waals surface area (Å²) in [5.41, 5.74) is 0.337. The quantitative estimate of drug-likeness (QED) is 0.859. The number of carbonyl (C=O) groups excluding carboxylic acids is 1. The molecule has 1 N–H and O–H groups in total. The Morgan fingerprint density at radius 3 is 2.25 bits per heavy atom. The summed E-state index contributed by atoms with van der Waals surface area (Å²) in [7, 11) is 0. The molecule has 0 spiro atoms. The van der Waals surface area contributed by atoms with Crippen LogP contribution in [-0.4, -0.2) is 54.1 Å². The fraction of sp³-hybridized carbons (Fsp3) is 0.652. The van der Waals surface area contributed by atoms with Crippen molar-refractivity contribution in [3.8, 4) is 6.07 Å². The minimum Gasteiger partial charge on any atom is -0.332 e. The Balaban J connectivity index is 1.55. The summed E-state index contributed by atoms with van der Waals surface area (Å²) in [6, 6.07) is 12.5. The Morgan fingerprint density at radius 2 is 1.68 bits per heavy atom. The van der Waals surface area contributed by atoms with E-state index in [2.05, 4.69) is 30.1 Å². The van der Waals surface area contributed by atoms with Gasteiger partial charge < -0.3 is 15.1 Å². The topological polar surface area (TPSA) is 59.4 Å². The second-order valence-corrected chi connectivity index (χ2v) is 9.05. The van der Waals surface area contributed by atoms with E-state index in [1.165, 1.54) is 25.7 Å². The zero-order valence-electron chi connectivity index (χ0n) is 17.4. The number of nitriles is 1. The molecular weight excluding hydrogens is 348 g/mol. The first-order chi connectivity index (χ1) is 13.4. The lowest BCUT2D eigenvalue weighted by molar-refractivity contribution is 0.151. The Morgan fingerprint density at radius 1 is 1.07 bits per heavy atom. The van der Waals surface area contributed by atoms with Crippen molar-refractivity contribution in [2.24, 2.45) is 0 Å². The third-order valence-corrected chi connectivity index (χ3v) is 6.21. The van der Waals surface area contributed by atoms with Crippen molar-refractivity contribution in [2.75, 3.05) is 32.7 Å². The molecule has 2 fully saturated rings. The monoisotopic (exact) mass is 382 g/mol. The van der Waals surface area contributed by atoms with Gasteiger partial charge in [0.15, 0.2) is 0 Å². The average molecular weight is 383 g/mol. The molecule has 28 heavy (non-hydrogen) atoms. The first-order valence-electron chi connectivity index (χ1n) is 10.7. The maximum absolute atomic E-state index is 12.9. The van der Waals surface area contributed by atoms with E-state index in [0.29, 0.717) is 25.9 Å². The molecule has 5 heteroatoms. The van der Waals surface area contributed by atoms with Crippen molar-refractivity contribution in [2.45, 2.75) is 63.3 Å². The van der Waals surface area contributed by atoms with Gasteiger partial charge in [0.25, 0.3) is 0 Å². The maximum atomic E-state index is 12.9. The number of rotatable bonds is 4. The predicted octanol–water partition coefficient (Wildman–Crippen LogP) is 3.91. The first-order valence-corrected chi connectivity index (χ1v) is 10.7. The van der Waals surface area contributed by atoms with E-state index in [1.54, 1.807) is 0 Å². The second kappa shape index (κ2) is 8.96. The highest BCUT2D eigenvalue weighted by Crippen LogP contribution is 2.34. The number of hydrogen-bond acceptors (Lipinski definition) is 3. The van der Waals surface area contributed by atoms with Crippen molar-refractivity contribution >= 4 is 6.03 Å². The predicted molar refractivity (Wildman–Crippen MR) is 112 cm³/mol. The van der Waals surface area contributed by atoms with E-state index in [0.717, 1.165) is 25.2 Å². The van der Waals surface area contributed by atoms with Gasteiger partial charge in [-0.2, -0.15) is 5.26 Å². The third kappa shape index (κ3) is 5.05. The van der Waals surface area contributed by atoms with Crippen molar-refractivity contribution in [1.82, 2.24) is 15.1 Å². The van der Waals surface area contributed by atoms with E-state index in [1.807, 2.05) is 35.2 Å². The molecule has 0 aromatic heterocycles. The smallest absolute Gasteiger partial charge is 0.317 e. The molecule has 1 aromatic carbocycles. The van der Waals surface area contributed by atoms with Crippen LogP contribution in [0, 0.1) is 11.3 Å². The summed E-state index contributed by atoms with van der Waals surface area (Å²) in [5, 5.41) is 13.1. The Bertz CT molecular complexity index is 678. The van der Waals surface area contributed by atoms with Gasteiger partial charge in [0, 0.05) is 25.2 Å². The number of carbonyl (C=O) groups is 1. The average Bonchev–Trinajstić information content (AvgIpc) is 2.96. The van der Waals surface area contributed by atoms with Gasteiger partial charge in [-0.05, 0) is 58.2 Å². The van der Waals surface area contributed by atoms with Crippen LogP contribution in [0.15, 0.2) is 30.3 Å². The van der Waals surface area contributed by atoms with Crippen LogP contribution in [0.2, 0.25) is 0 Å². The maximum Gasteiger partial charge on any atom is 0.317 e. The molecular formula is C23H34N4O.